The summed E-state index contributed by atoms with van der Waals surface area (Å²) < 4.78 is 27.3. The lowest BCUT2D eigenvalue weighted by atomic mass is 10.1. The molecule has 0 fully saturated rings. The molecule has 0 saturated carbocycles. The Morgan fingerprint density at radius 1 is 1.00 bits per heavy atom. The van der Waals surface area contributed by atoms with Crippen LogP contribution in [0.4, 0.5) is 11.4 Å². The van der Waals surface area contributed by atoms with E-state index >= 15 is 0 Å². The number of hydrogen-bond acceptors (Lipinski definition) is 3. The molecule has 0 bridgehead atoms. The minimum absolute atomic E-state index is 0.306. The second-order valence-electron chi connectivity index (χ2n) is 5.02. The highest BCUT2D eigenvalue weighted by Gasteiger charge is 2.18. The van der Waals surface area contributed by atoms with Crippen molar-refractivity contribution in [2.24, 2.45) is 0 Å². The predicted molar refractivity (Wildman–Crippen MR) is 80.1 cm³/mol. The number of nitrogens with one attached hydrogen (secondary N) is 1. The third kappa shape index (κ3) is 2.49. The molecule has 0 saturated heterocycles. The Labute approximate surface area is 118 Å². The lowest BCUT2D eigenvalue weighted by Gasteiger charge is -2.10. The maximum atomic E-state index is 12.4. The van der Waals surface area contributed by atoms with E-state index in [1.807, 2.05) is 6.07 Å². The van der Waals surface area contributed by atoms with Gasteiger partial charge in [0.25, 0.3) is 10.0 Å². The first-order valence-electron chi connectivity index (χ1n) is 6.55. The van der Waals surface area contributed by atoms with Gasteiger partial charge in [0, 0.05) is 5.69 Å². The fraction of sp³-hybridized carbons (Fsp3) is 0.200. The molecule has 1 aliphatic rings. The SMILES string of the molecule is Nc1cccc(NS(=O)(=O)c2ccc3c(c2)CCC3)c1. The Morgan fingerprint density at radius 2 is 1.80 bits per heavy atom. The van der Waals surface area contributed by atoms with Crippen molar-refractivity contribution >= 4 is 21.4 Å². The van der Waals surface area contributed by atoms with Crippen molar-refractivity contribution in [3.63, 3.8) is 0 Å². The first kappa shape index (κ1) is 13.0. The van der Waals surface area contributed by atoms with Gasteiger partial charge in [-0.25, -0.2) is 8.42 Å². The predicted octanol–water partition coefficient (Wildman–Crippen LogP) is 2.56. The van der Waals surface area contributed by atoms with Crippen LogP contribution in [0.2, 0.25) is 0 Å². The number of fused-ring (bicyclic) bond motifs is 1. The van der Waals surface area contributed by atoms with Crippen LogP contribution in [0, 0.1) is 0 Å². The number of aryl methyl sites for hydroxylation is 2. The van der Waals surface area contributed by atoms with E-state index in [0.717, 1.165) is 24.8 Å². The second-order valence-corrected chi connectivity index (χ2v) is 6.70. The van der Waals surface area contributed by atoms with Crippen LogP contribution in [0.15, 0.2) is 47.4 Å². The third-order valence-corrected chi connectivity index (χ3v) is 4.90. The Balaban J connectivity index is 1.92. The Kier molecular flexibility index (Phi) is 3.14. The highest BCUT2D eigenvalue weighted by Crippen LogP contribution is 2.26. The van der Waals surface area contributed by atoms with Crippen molar-refractivity contribution in [1.29, 1.82) is 0 Å². The molecule has 5 heteroatoms. The summed E-state index contributed by atoms with van der Waals surface area (Å²) >= 11 is 0. The Hall–Kier alpha value is -2.01. The zero-order valence-electron chi connectivity index (χ0n) is 11.0. The van der Waals surface area contributed by atoms with Crippen molar-refractivity contribution < 1.29 is 8.42 Å². The van der Waals surface area contributed by atoms with Gasteiger partial charge in [0.05, 0.1) is 10.6 Å². The van der Waals surface area contributed by atoms with Crippen molar-refractivity contribution in [3.8, 4) is 0 Å². The van der Waals surface area contributed by atoms with E-state index in [0.29, 0.717) is 16.3 Å². The second kappa shape index (κ2) is 4.83. The van der Waals surface area contributed by atoms with Gasteiger partial charge in [-0.05, 0) is 60.7 Å². The number of hydrogen-bond donors (Lipinski definition) is 2. The maximum Gasteiger partial charge on any atom is 0.261 e. The highest BCUT2D eigenvalue weighted by atomic mass is 32.2. The number of nitrogen functional groups attached to an aromatic ring is 1. The topological polar surface area (TPSA) is 72.2 Å². The van der Waals surface area contributed by atoms with Crippen molar-refractivity contribution in [2.75, 3.05) is 10.5 Å². The van der Waals surface area contributed by atoms with E-state index in [2.05, 4.69) is 4.72 Å². The smallest absolute Gasteiger partial charge is 0.261 e. The summed E-state index contributed by atoms with van der Waals surface area (Å²) in [5, 5.41) is 0. The van der Waals surface area contributed by atoms with Gasteiger partial charge in [-0.3, -0.25) is 4.72 Å². The van der Waals surface area contributed by atoms with Gasteiger partial charge in [-0.1, -0.05) is 12.1 Å². The first-order valence-corrected chi connectivity index (χ1v) is 8.03. The van der Waals surface area contributed by atoms with Crippen LogP contribution in [-0.2, 0) is 22.9 Å². The van der Waals surface area contributed by atoms with Crippen molar-refractivity contribution in [3.05, 3.63) is 53.6 Å². The number of nitrogens with two attached hydrogens (primary N) is 1. The molecule has 0 amide bonds. The zero-order valence-corrected chi connectivity index (χ0v) is 11.8. The van der Waals surface area contributed by atoms with Gasteiger partial charge >= 0.3 is 0 Å². The molecule has 0 aromatic heterocycles. The Morgan fingerprint density at radius 3 is 2.60 bits per heavy atom. The normalized spacial score (nSPS) is 14.0. The molecule has 3 N–H and O–H groups in total. The molecule has 0 radical (unpaired) electrons. The summed E-state index contributed by atoms with van der Waals surface area (Å²) in [4.78, 5) is 0.306. The minimum Gasteiger partial charge on any atom is -0.399 e. The van der Waals surface area contributed by atoms with Crippen LogP contribution < -0.4 is 10.5 Å². The largest absolute Gasteiger partial charge is 0.399 e. The number of benzene rings is 2. The number of sulfonamides is 1. The number of anilines is 2. The zero-order chi connectivity index (χ0) is 14.2. The van der Waals surface area contributed by atoms with Crippen LogP contribution in [0.25, 0.3) is 0 Å². The van der Waals surface area contributed by atoms with Gasteiger partial charge in [-0.15, -0.1) is 0 Å². The van der Waals surface area contributed by atoms with Gasteiger partial charge in [-0.2, -0.15) is 0 Å². The lowest BCUT2D eigenvalue weighted by Crippen LogP contribution is -2.13. The summed E-state index contributed by atoms with van der Waals surface area (Å²) in [5.74, 6) is 0. The van der Waals surface area contributed by atoms with E-state index in [1.54, 1.807) is 36.4 Å². The van der Waals surface area contributed by atoms with Crippen LogP contribution >= 0.6 is 0 Å². The average molecular weight is 288 g/mol. The molecular formula is C15H16N2O2S. The van der Waals surface area contributed by atoms with Crippen LogP contribution in [0.5, 0.6) is 0 Å². The van der Waals surface area contributed by atoms with Gasteiger partial charge in [0.15, 0.2) is 0 Å². The molecule has 104 valence electrons. The molecule has 0 unspecified atom stereocenters. The van der Waals surface area contributed by atoms with E-state index in [-0.39, 0.29) is 0 Å². The van der Waals surface area contributed by atoms with Crippen LogP contribution in [0.3, 0.4) is 0 Å². The molecule has 4 nitrogen and oxygen atoms in total. The molecule has 20 heavy (non-hydrogen) atoms. The maximum absolute atomic E-state index is 12.4. The molecule has 0 aliphatic heterocycles. The van der Waals surface area contributed by atoms with E-state index in [9.17, 15) is 8.42 Å². The van der Waals surface area contributed by atoms with Crippen molar-refractivity contribution in [1.82, 2.24) is 0 Å². The summed E-state index contributed by atoms with van der Waals surface area (Å²) in [6, 6.07) is 12.1. The van der Waals surface area contributed by atoms with Crippen molar-refractivity contribution in [2.45, 2.75) is 24.2 Å². The molecule has 2 aromatic carbocycles. The molecule has 0 spiro atoms. The van der Waals surface area contributed by atoms with Gasteiger partial charge in [0.2, 0.25) is 0 Å². The van der Waals surface area contributed by atoms with E-state index in [4.69, 9.17) is 5.73 Å². The summed E-state index contributed by atoms with van der Waals surface area (Å²) in [6.45, 7) is 0. The minimum atomic E-state index is -3.56. The lowest BCUT2D eigenvalue weighted by molar-refractivity contribution is 0.601. The molecule has 3 rings (SSSR count). The van der Waals surface area contributed by atoms with Gasteiger partial charge < -0.3 is 5.73 Å². The van der Waals surface area contributed by atoms with Crippen LogP contribution in [-0.4, -0.2) is 8.42 Å². The molecule has 0 atom stereocenters. The summed E-state index contributed by atoms with van der Waals surface area (Å²) in [7, 11) is -3.56. The fourth-order valence-electron chi connectivity index (χ4n) is 2.53. The summed E-state index contributed by atoms with van der Waals surface area (Å²) in [5.41, 5.74) is 9.06. The molecule has 1 aliphatic carbocycles. The standard InChI is InChI=1S/C15H16N2O2S/c16-13-5-2-6-14(10-13)17-20(18,19)15-8-7-11-3-1-4-12(11)9-15/h2,5-10,17H,1,3-4,16H2. The first-order chi connectivity index (χ1) is 9.54. The third-order valence-electron chi connectivity index (χ3n) is 3.52. The molecule has 0 heterocycles. The highest BCUT2D eigenvalue weighted by molar-refractivity contribution is 7.92. The summed E-state index contributed by atoms with van der Waals surface area (Å²) in [6.07, 6.45) is 3.09. The fourth-order valence-corrected chi connectivity index (χ4v) is 3.63. The quantitative estimate of drug-likeness (QED) is 0.853. The van der Waals surface area contributed by atoms with Gasteiger partial charge in [0.1, 0.15) is 0 Å². The molecular weight excluding hydrogens is 272 g/mol. The average Bonchev–Trinajstić information content (AvgIpc) is 2.85. The number of rotatable bonds is 3. The Bertz CT molecular complexity index is 754. The van der Waals surface area contributed by atoms with E-state index in [1.165, 1.54) is 5.56 Å². The monoisotopic (exact) mass is 288 g/mol. The molecule has 2 aromatic rings. The van der Waals surface area contributed by atoms with Crippen LogP contribution in [0.1, 0.15) is 17.5 Å². The van der Waals surface area contributed by atoms with E-state index < -0.39 is 10.0 Å².